The zero-order chi connectivity index (χ0) is 19.6. The molecule has 1 aromatic heterocycles. The van der Waals surface area contributed by atoms with Crippen LogP contribution in [0.15, 0.2) is 29.6 Å². The molecule has 0 N–H and O–H groups in total. The quantitative estimate of drug-likeness (QED) is 0.532. The first-order valence-electron chi connectivity index (χ1n) is 9.37. The van der Waals surface area contributed by atoms with Crippen LogP contribution in [0.2, 0.25) is 0 Å². The number of methoxy groups -OCH3 is 1. The van der Waals surface area contributed by atoms with Crippen molar-refractivity contribution in [2.24, 2.45) is 5.92 Å². The second-order valence-electron chi connectivity index (χ2n) is 7.10. The lowest BCUT2D eigenvalue weighted by Crippen LogP contribution is -2.33. The molecule has 2 aromatic rings. The van der Waals surface area contributed by atoms with Gasteiger partial charge in [-0.3, -0.25) is 4.79 Å². The molecular weight excluding hydrogens is 360 g/mol. The molecule has 0 saturated carbocycles. The zero-order valence-electron chi connectivity index (χ0n) is 16.7. The van der Waals surface area contributed by atoms with Gasteiger partial charge in [-0.15, -0.1) is 11.3 Å². The molecule has 148 valence electrons. The monoisotopic (exact) mass is 390 g/mol. The molecule has 2 rings (SSSR count). The normalized spacial score (nSPS) is 11.0. The van der Waals surface area contributed by atoms with E-state index >= 15 is 0 Å². The third-order valence-corrected chi connectivity index (χ3v) is 4.89. The number of ether oxygens (including phenoxy) is 2. The SMILES string of the molecule is COCCCN(Cc1csc(COc2cccc(C)c2)n1)C(=O)CC(C)C. The molecule has 0 aliphatic heterocycles. The summed E-state index contributed by atoms with van der Waals surface area (Å²) in [5.41, 5.74) is 2.08. The Morgan fingerprint density at radius 3 is 2.85 bits per heavy atom. The Kier molecular flexibility index (Phi) is 8.75. The summed E-state index contributed by atoms with van der Waals surface area (Å²) < 4.78 is 10.9. The number of aryl methyl sites for hydroxylation is 1. The minimum Gasteiger partial charge on any atom is -0.486 e. The molecular formula is C21H30N2O3S. The second-order valence-corrected chi connectivity index (χ2v) is 8.04. The average Bonchev–Trinajstić information content (AvgIpc) is 3.06. The molecule has 1 heterocycles. The fraction of sp³-hybridized carbons (Fsp3) is 0.524. The number of amides is 1. The maximum atomic E-state index is 12.5. The fourth-order valence-corrected chi connectivity index (χ4v) is 3.40. The van der Waals surface area contributed by atoms with Gasteiger partial charge in [0.1, 0.15) is 17.4 Å². The van der Waals surface area contributed by atoms with Gasteiger partial charge in [-0.25, -0.2) is 4.98 Å². The Balaban J connectivity index is 1.93. The van der Waals surface area contributed by atoms with Crippen LogP contribution in [0.4, 0.5) is 0 Å². The van der Waals surface area contributed by atoms with Crippen molar-refractivity contribution in [1.82, 2.24) is 9.88 Å². The van der Waals surface area contributed by atoms with Gasteiger partial charge in [0.2, 0.25) is 5.91 Å². The third kappa shape index (κ3) is 7.69. The largest absolute Gasteiger partial charge is 0.486 e. The average molecular weight is 391 g/mol. The zero-order valence-corrected chi connectivity index (χ0v) is 17.6. The summed E-state index contributed by atoms with van der Waals surface area (Å²) in [5, 5.41) is 2.93. The van der Waals surface area contributed by atoms with Crippen LogP contribution < -0.4 is 4.74 Å². The van der Waals surface area contributed by atoms with Crippen LogP contribution in [-0.2, 0) is 22.7 Å². The van der Waals surface area contributed by atoms with E-state index in [2.05, 4.69) is 18.8 Å². The Morgan fingerprint density at radius 2 is 2.15 bits per heavy atom. The van der Waals surface area contributed by atoms with Crippen molar-refractivity contribution in [3.8, 4) is 5.75 Å². The number of carbonyl (C=O) groups excluding carboxylic acids is 1. The second kappa shape index (κ2) is 11.0. The van der Waals surface area contributed by atoms with Crippen LogP contribution in [0.3, 0.4) is 0 Å². The van der Waals surface area contributed by atoms with Crippen molar-refractivity contribution in [3.63, 3.8) is 0 Å². The Hall–Kier alpha value is -1.92. The van der Waals surface area contributed by atoms with Gasteiger partial charge in [-0.1, -0.05) is 26.0 Å². The van der Waals surface area contributed by atoms with E-state index in [0.717, 1.165) is 22.9 Å². The molecule has 27 heavy (non-hydrogen) atoms. The maximum Gasteiger partial charge on any atom is 0.223 e. The fourth-order valence-electron chi connectivity index (χ4n) is 2.70. The van der Waals surface area contributed by atoms with Crippen molar-refractivity contribution < 1.29 is 14.3 Å². The predicted octanol–water partition coefficient (Wildman–Crippen LogP) is 4.44. The lowest BCUT2D eigenvalue weighted by molar-refractivity contribution is -0.132. The molecule has 0 spiro atoms. The first-order valence-corrected chi connectivity index (χ1v) is 10.3. The molecule has 1 amide bonds. The number of thiazole rings is 1. The summed E-state index contributed by atoms with van der Waals surface area (Å²) in [6.45, 7) is 8.49. The van der Waals surface area contributed by atoms with Crippen LogP contribution in [-0.4, -0.2) is 36.1 Å². The number of hydrogen-bond acceptors (Lipinski definition) is 5. The number of benzene rings is 1. The molecule has 6 heteroatoms. The van der Waals surface area contributed by atoms with Crippen molar-refractivity contribution in [3.05, 3.63) is 45.9 Å². The highest BCUT2D eigenvalue weighted by atomic mass is 32.1. The van der Waals surface area contributed by atoms with Gasteiger partial charge in [0.05, 0.1) is 12.2 Å². The van der Waals surface area contributed by atoms with E-state index in [9.17, 15) is 4.79 Å². The lowest BCUT2D eigenvalue weighted by atomic mass is 10.1. The first kappa shape index (κ1) is 21.4. The highest BCUT2D eigenvalue weighted by Crippen LogP contribution is 2.18. The minimum absolute atomic E-state index is 0.173. The first-order chi connectivity index (χ1) is 13.0. The summed E-state index contributed by atoms with van der Waals surface area (Å²) >= 11 is 1.57. The highest BCUT2D eigenvalue weighted by Gasteiger charge is 2.16. The third-order valence-electron chi connectivity index (χ3n) is 4.02. The molecule has 0 fully saturated rings. The number of aromatic nitrogens is 1. The molecule has 0 saturated heterocycles. The van der Waals surface area contributed by atoms with Crippen LogP contribution >= 0.6 is 11.3 Å². The van der Waals surface area contributed by atoms with E-state index < -0.39 is 0 Å². The smallest absolute Gasteiger partial charge is 0.223 e. The van der Waals surface area contributed by atoms with Crippen LogP contribution in [0, 0.1) is 12.8 Å². The van der Waals surface area contributed by atoms with Gasteiger partial charge in [-0.05, 0) is 37.0 Å². The summed E-state index contributed by atoms with van der Waals surface area (Å²) in [5.74, 6) is 1.36. The van der Waals surface area contributed by atoms with Crippen molar-refractivity contribution in [2.75, 3.05) is 20.3 Å². The van der Waals surface area contributed by atoms with Gasteiger partial charge in [0, 0.05) is 32.1 Å². The van der Waals surface area contributed by atoms with E-state index in [1.54, 1.807) is 18.4 Å². The van der Waals surface area contributed by atoms with Gasteiger partial charge in [0.15, 0.2) is 0 Å². The molecule has 0 aliphatic carbocycles. The van der Waals surface area contributed by atoms with Crippen LogP contribution in [0.5, 0.6) is 5.75 Å². The Labute approximate surface area is 166 Å². The van der Waals surface area contributed by atoms with Gasteiger partial charge in [0.25, 0.3) is 0 Å². The van der Waals surface area contributed by atoms with E-state index in [4.69, 9.17) is 9.47 Å². The van der Waals surface area contributed by atoms with E-state index in [-0.39, 0.29) is 5.91 Å². The number of hydrogen-bond donors (Lipinski definition) is 0. The molecule has 0 radical (unpaired) electrons. The number of nitrogens with zero attached hydrogens (tertiary/aromatic N) is 2. The Morgan fingerprint density at radius 1 is 1.33 bits per heavy atom. The number of carbonyl (C=O) groups is 1. The maximum absolute atomic E-state index is 12.5. The molecule has 5 nitrogen and oxygen atoms in total. The molecule has 1 aromatic carbocycles. The summed E-state index contributed by atoms with van der Waals surface area (Å²) in [6, 6.07) is 7.98. The lowest BCUT2D eigenvalue weighted by Gasteiger charge is -2.22. The van der Waals surface area contributed by atoms with Crippen LogP contribution in [0.25, 0.3) is 0 Å². The van der Waals surface area contributed by atoms with Gasteiger partial charge >= 0.3 is 0 Å². The molecule has 0 aliphatic rings. The minimum atomic E-state index is 0.173. The van der Waals surface area contributed by atoms with Gasteiger partial charge in [-0.2, -0.15) is 0 Å². The highest BCUT2D eigenvalue weighted by molar-refractivity contribution is 7.09. The van der Waals surface area contributed by atoms with Crippen LogP contribution in [0.1, 0.15) is 43.0 Å². The van der Waals surface area contributed by atoms with E-state index in [0.29, 0.717) is 38.6 Å². The Bertz CT molecular complexity index is 715. The molecule has 0 unspecified atom stereocenters. The van der Waals surface area contributed by atoms with E-state index in [1.807, 2.05) is 41.5 Å². The standard InChI is InChI=1S/C21H30N2O3S/c1-16(2)11-21(24)23(9-6-10-25-4)13-18-15-27-20(22-18)14-26-19-8-5-7-17(3)12-19/h5,7-8,12,15-16H,6,9-11,13-14H2,1-4H3. The summed E-state index contributed by atoms with van der Waals surface area (Å²) in [4.78, 5) is 19.1. The summed E-state index contributed by atoms with van der Waals surface area (Å²) in [7, 11) is 1.68. The topological polar surface area (TPSA) is 51.7 Å². The van der Waals surface area contributed by atoms with E-state index in [1.165, 1.54) is 5.56 Å². The van der Waals surface area contributed by atoms with Gasteiger partial charge < -0.3 is 14.4 Å². The predicted molar refractivity (Wildman–Crippen MR) is 109 cm³/mol. The molecule has 0 atom stereocenters. The number of rotatable bonds is 11. The van der Waals surface area contributed by atoms with Crippen molar-refractivity contribution in [1.29, 1.82) is 0 Å². The molecule has 0 bridgehead atoms. The van der Waals surface area contributed by atoms with Crippen molar-refractivity contribution in [2.45, 2.75) is 46.8 Å². The van der Waals surface area contributed by atoms with Crippen molar-refractivity contribution >= 4 is 17.2 Å². The summed E-state index contributed by atoms with van der Waals surface area (Å²) in [6.07, 6.45) is 1.38.